The van der Waals surface area contributed by atoms with E-state index in [4.69, 9.17) is 0 Å². The van der Waals surface area contributed by atoms with Crippen molar-refractivity contribution in [2.45, 2.75) is 25.4 Å². The minimum atomic E-state index is 0.539. The molecule has 2 heterocycles. The number of likely N-dealkylation sites (N-methyl/N-ethyl adjacent to an activating group) is 1. The first-order valence-corrected chi connectivity index (χ1v) is 9.64. The van der Waals surface area contributed by atoms with Crippen molar-refractivity contribution in [3.63, 3.8) is 0 Å². The Labute approximate surface area is 162 Å². The summed E-state index contributed by atoms with van der Waals surface area (Å²) in [6.07, 6.45) is 4.15. The van der Waals surface area contributed by atoms with Gasteiger partial charge < -0.3 is 4.90 Å². The fourth-order valence-corrected chi connectivity index (χ4v) is 4.08. The summed E-state index contributed by atoms with van der Waals surface area (Å²) in [5.74, 6) is 0.546. The molecule has 4 nitrogen and oxygen atoms in total. The normalized spacial score (nSPS) is 20.4. The second-order valence-electron chi connectivity index (χ2n) is 7.87. The zero-order chi connectivity index (χ0) is 18.8. The molecular formula is C23H28N4. The van der Waals surface area contributed by atoms with Crippen LogP contribution in [0.5, 0.6) is 0 Å². The van der Waals surface area contributed by atoms with E-state index in [1.165, 1.54) is 16.7 Å². The molecule has 1 aliphatic heterocycles. The van der Waals surface area contributed by atoms with Crippen LogP contribution in [0.15, 0.2) is 67.0 Å². The minimum Gasteiger partial charge on any atom is -0.305 e. The first-order valence-electron chi connectivity index (χ1n) is 9.64. The Bertz CT molecular complexity index is 867. The molecule has 2 atom stereocenters. The molecule has 1 aromatic heterocycles. The molecule has 0 aliphatic carbocycles. The van der Waals surface area contributed by atoms with Gasteiger partial charge in [-0.2, -0.15) is 5.10 Å². The van der Waals surface area contributed by atoms with E-state index < -0.39 is 0 Å². The predicted octanol–water partition coefficient (Wildman–Crippen LogP) is 3.71. The van der Waals surface area contributed by atoms with Gasteiger partial charge >= 0.3 is 0 Å². The lowest BCUT2D eigenvalue weighted by molar-refractivity contribution is 0.260. The maximum atomic E-state index is 4.55. The summed E-state index contributed by atoms with van der Waals surface area (Å²) in [5, 5.41) is 4.55. The number of aryl methyl sites for hydroxylation is 1. The van der Waals surface area contributed by atoms with Crippen molar-refractivity contribution < 1.29 is 0 Å². The highest BCUT2D eigenvalue weighted by atomic mass is 15.3. The lowest BCUT2D eigenvalue weighted by atomic mass is 9.93. The van der Waals surface area contributed by atoms with E-state index in [9.17, 15) is 0 Å². The van der Waals surface area contributed by atoms with Gasteiger partial charge in [-0.25, -0.2) is 4.68 Å². The van der Waals surface area contributed by atoms with Gasteiger partial charge in [0.1, 0.15) is 0 Å². The van der Waals surface area contributed by atoms with Crippen molar-refractivity contribution >= 4 is 0 Å². The van der Waals surface area contributed by atoms with E-state index in [2.05, 4.69) is 78.5 Å². The fraction of sp³-hybridized carbons (Fsp3) is 0.348. The maximum Gasteiger partial charge on any atom is 0.0645 e. The molecule has 0 spiro atoms. The van der Waals surface area contributed by atoms with Crippen LogP contribution in [-0.4, -0.2) is 52.8 Å². The Morgan fingerprint density at radius 2 is 1.74 bits per heavy atom. The van der Waals surface area contributed by atoms with E-state index in [1.54, 1.807) is 0 Å². The Balaban J connectivity index is 1.48. The zero-order valence-corrected chi connectivity index (χ0v) is 16.4. The molecule has 4 heteroatoms. The van der Waals surface area contributed by atoms with Gasteiger partial charge in [0, 0.05) is 43.4 Å². The zero-order valence-electron chi connectivity index (χ0n) is 16.4. The molecule has 1 fully saturated rings. The van der Waals surface area contributed by atoms with Crippen molar-refractivity contribution in [3.05, 3.63) is 83.7 Å². The van der Waals surface area contributed by atoms with Crippen LogP contribution in [0.25, 0.3) is 5.69 Å². The highest BCUT2D eigenvalue weighted by molar-refractivity contribution is 5.31. The molecule has 3 aromatic rings. The van der Waals surface area contributed by atoms with Gasteiger partial charge in [-0.05, 0) is 38.7 Å². The molecule has 2 aromatic carbocycles. The van der Waals surface area contributed by atoms with E-state index in [0.29, 0.717) is 12.0 Å². The van der Waals surface area contributed by atoms with Crippen molar-refractivity contribution in [2.24, 2.45) is 0 Å². The van der Waals surface area contributed by atoms with Gasteiger partial charge in [-0.15, -0.1) is 0 Å². The van der Waals surface area contributed by atoms with Crippen molar-refractivity contribution in [1.29, 1.82) is 0 Å². The van der Waals surface area contributed by atoms with E-state index in [1.807, 2.05) is 29.1 Å². The van der Waals surface area contributed by atoms with E-state index in [-0.39, 0.29) is 0 Å². The SMILES string of the molecule is Cc1ccc(C2CN(Cc3cnn(-c4ccccc4)c3)CC2N(C)C)cc1. The average molecular weight is 361 g/mol. The Morgan fingerprint density at radius 3 is 2.44 bits per heavy atom. The number of aromatic nitrogens is 2. The summed E-state index contributed by atoms with van der Waals surface area (Å²) in [6, 6.07) is 19.9. The summed E-state index contributed by atoms with van der Waals surface area (Å²) in [4.78, 5) is 4.93. The second kappa shape index (κ2) is 7.67. The number of likely N-dealkylation sites (tertiary alicyclic amines) is 1. The monoisotopic (exact) mass is 360 g/mol. The third-order valence-corrected chi connectivity index (χ3v) is 5.60. The number of nitrogens with zero attached hydrogens (tertiary/aromatic N) is 4. The summed E-state index contributed by atoms with van der Waals surface area (Å²) in [6.45, 7) is 5.27. The highest BCUT2D eigenvalue weighted by Crippen LogP contribution is 2.31. The van der Waals surface area contributed by atoms with Crippen molar-refractivity contribution in [2.75, 3.05) is 27.2 Å². The Kier molecular flexibility index (Phi) is 5.10. The van der Waals surface area contributed by atoms with Gasteiger partial charge in [-0.1, -0.05) is 48.0 Å². The van der Waals surface area contributed by atoms with Crippen LogP contribution in [0, 0.1) is 6.92 Å². The number of hydrogen-bond donors (Lipinski definition) is 0. The topological polar surface area (TPSA) is 24.3 Å². The average Bonchev–Trinajstić information content (AvgIpc) is 3.31. The molecule has 0 radical (unpaired) electrons. The molecule has 2 unspecified atom stereocenters. The third kappa shape index (κ3) is 3.97. The Morgan fingerprint density at radius 1 is 1.00 bits per heavy atom. The number of rotatable bonds is 5. The smallest absolute Gasteiger partial charge is 0.0645 e. The summed E-state index contributed by atoms with van der Waals surface area (Å²) in [5.41, 5.74) is 5.14. The summed E-state index contributed by atoms with van der Waals surface area (Å²) >= 11 is 0. The van der Waals surface area contributed by atoms with Crippen molar-refractivity contribution in [3.8, 4) is 5.69 Å². The lowest BCUT2D eigenvalue weighted by Gasteiger charge is -2.25. The van der Waals surface area contributed by atoms with Crippen LogP contribution in [0.4, 0.5) is 0 Å². The van der Waals surface area contributed by atoms with Gasteiger partial charge in [0.2, 0.25) is 0 Å². The van der Waals surface area contributed by atoms with Crippen LogP contribution in [0.3, 0.4) is 0 Å². The largest absolute Gasteiger partial charge is 0.305 e. The molecule has 4 rings (SSSR count). The second-order valence-corrected chi connectivity index (χ2v) is 7.87. The standard InChI is InChI=1S/C23H28N4/c1-18-9-11-20(12-10-18)22-16-26(17-23(22)25(2)3)14-19-13-24-27(15-19)21-7-5-4-6-8-21/h4-13,15,22-23H,14,16-17H2,1-3H3. The molecule has 0 amide bonds. The molecular weight excluding hydrogens is 332 g/mol. The molecule has 27 heavy (non-hydrogen) atoms. The first-order chi connectivity index (χ1) is 13.1. The van der Waals surface area contributed by atoms with E-state index in [0.717, 1.165) is 25.3 Å². The summed E-state index contributed by atoms with van der Waals surface area (Å²) in [7, 11) is 4.39. The molecule has 0 N–H and O–H groups in total. The Hall–Kier alpha value is -2.43. The molecule has 140 valence electrons. The van der Waals surface area contributed by atoms with Gasteiger partial charge in [0.05, 0.1) is 11.9 Å². The van der Waals surface area contributed by atoms with Crippen LogP contribution >= 0.6 is 0 Å². The maximum absolute atomic E-state index is 4.55. The van der Waals surface area contributed by atoms with E-state index >= 15 is 0 Å². The van der Waals surface area contributed by atoms with Gasteiger partial charge in [0.25, 0.3) is 0 Å². The third-order valence-electron chi connectivity index (χ3n) is 5.60. The molecule has 1 saturated heterocycles. The van der Waals surface area contributed by atoms with Crippen LogP contribution < -0.4 is 0 Å². The van der Waals surface area contributed by atoms with Crippen molar-refractivity contribution in [1.82, 2.24) is 19.6 Å². The first kappa shape index (κ1) is 18.0. The van der Waals surface area contributed by atoms with Crippen LogP contribution in [-0.2, 0) is 6.54 Å². The minimum absolute atomic E-state index is 0.539. The fourth-order valence-electron chi connectivity index (χ4n) is 4.08. The quantitative estimate of drug-likeness (QED) is 0.693. The number of hydrogen-bond acceptors (Lipinski definition) is 3. The van der Waals surface area contributed by atoms with Crippen LogP contribution in [0.2, 0.25) is 0 Å². The molecule has 0 saturated carbocycles. The number of benzene rings is 2. The van der Waals surface area contributed by atoms with Crippen LogP contribution in [0.1, 0.15) is 22.6 Å². The van der Waals surface area contributed by atoms with Gasteiger partial charge in [0.15, 0.2) is 0 Å². The summed E-state index contributed by atoms with van der Waals surface area (Å²) < 4.78 is 1.96. The van der Waals surface area contributed by atoms with Gasteiger partial charge in [-0.3, -0.25) is 4.90 Å². The predicted molar refractivity (Wildman–Crippen MR) is 110 cm³/mol. The lowest BCUT2D eigenvalue weighted by Crippen LogP contribution is -2.34. The highest BCUT2D eigenvalue weighted by Gasteiger charge is 2.35. The number of para-hydroxylation sites is 1. The molecule has 1 aliphatic rings. The molecule has 0 bridgehead atoms.